The van der Waals surface area contributed by atoms with Crippen LogP contribution >= 0.6 is 0 Å². The van der Waals surface area contributed by atoms with Gasteiger partial charge in [-0.1, -0.05) is 18.2 Å². The minimum absolute atomic E-state index is 1.16. The summed E-state index contributed by atoms with van der Waals surface area (Å²) in [6, 6.07) is 6.69. The SMILES string of the molecule is CC=Cc1ccc2c(c1)CCN2C. The molecule has 1 nitrogen and oxygen atoms in total. The van der Waals surface area contributed by atoms with Crippen molar-refractivity contribution in [3.63, 3.8) is 0 Å². The van der Waals surface area contributed by atoms with Crippen LogP contribution in [0, 0.1) is 0 Å². The highest BCUT2D eigenvalue weighted by Crippen LogP contribution is 2.27. The van der Waals surface area contributed by atoms with Gasteiger partial charge in [0, 0.05) is 19.3 Å². The van der Waals surface area contributed by atoms with Gasteiger partial charge in [0.25, 0.3) is 0 Å². The molecule has 0 amide bonds. The lowest BCUT2D eigenvalue weighted by molar-refractivity contribution is 0.956. The third-order valence-electron chi connectivity index (χ3n) is 2.59. The van der Waals surface area contributed by atoms with E-state index in [1.807, 2.05) is 0 Å². The number of fused-ring (bicyclic) bond motifs is 1. The van der Waals surface area contributed by atoms with Crippen molar-refractivity contribution in [1.29, 1.82) is 0 Å². The van der Waals surface area contributed by atoms with Gasteiger partial charge < -0.3 is 4.90 Å². The Balaban J connectivity index is 2.39. The first-order valence-electron chi connectivity index (χ1n) is 4.78. The number of nitrogens with zero attached hydrogens (tertiary/aromatic N) is 1. The van der Waals surface area contributed by atoms with Crippen LogP contribution in [0.2, 0.25) is 0 Å². The summed E-state index contributed by atoms with van der Waals surface area (Å²) >= 11 is 0. The second-order valence-corrected chi connectivity index (χ2v) is 3.56. The first kappa shape index (κ1) is 8.36. The van der Waals surface area contributed by atoms with Gasteiger partial charge in [0.2, 0.25) is 0 Å². The predicted octanol–water partition coefficient (Wildman–Crippen LogP) is 2.71. The van der Waals surface area contributed by atoms with E-state index in [2.05, 4.69) is 49.2 Å². The van der Waals surface area contributed by atoms with Crippen molar-refractivity contribution in [3.05, 3.63) is 35.4 Å². The Bertz CT molecular complexity index is 339. The number of allylic oxidation sites excluding steroid dienone is 1. The molecule has 13 heavy (non-hydrogen) atoms. The minimum Gasteiger partial charge on any atom is -0.374 e. The molecule has 2 rings (SSSR count). The number of anilines is 1. The second kappa shape index (κ2) is 3.25. The maximum Gasteiger partial charge on any atom is 0.0397 e. The third kappa shape index (κ3) is 1.46. The van der Waals surface area contributed by atoms with E-state index in [4.69, 9.17) is 0 Å². The summed E-state index contributed by atoms with van der Waals surface area (Å²) in [7, 11) is 2.15. The van der Waals surface area contributed by atoms with E-state index in [0.29, 0.717) is 0 Å². The fraction of sp³-hybridized carbons (Fsp3) is 0.333. The zero-order valence-corrected chi connectivity index (χ0v) is 8.25. The van der Waals surface area contributed by atoms with Crippen LogP contribution in [0.5, 0.6) is 0 Å². The fourth-order valence-electron chi connectivity index (χ4n) is 1.88. The minimum atomic E-state index is 1.16. The molecule has 0 N–H and O–H groups in total. The number of hydrogen-bond donors (Lipinski definition) is 0. The Hall–Kier alpha value is -1.24. The summed E-state index contributed by atoms with van der Waals surface area (Å²) < 4.78 is 0. The molecule has 0 radical (unpaired) electrons. The number of benzene rings is 1. The number of likely N-dealkylation sites (N-methyl/N-ethyl adjacent to an activating group) is 1. The summed E-state index contributed by atoms with van der Waals surface area (Å²) in [6.45, 7) is 3.22. The smallest absolute Gasteiger partial charge is 0.0397 e. The van der Waals surface area contributed by atoms with Crippen LogP contribution in [0.25, 0.3) is 6.08 Å². The van der Waals surface area contributed by atoms with Gasteiger partial charge in [0.05, 0.1) is 0 Å². The summed E-state index contributed by atoms with van der Waals surface area (Å²) in [5, 5.41) is 0. The lowest BCUT2D eigenvalue weighted by Gasteiger charge is -2.11. The van der Waals surface area contributed by atoms with E-state index in [9.17, 15) is 0 Å². The van der Waals surface area contributed by atoms with E-state index in [1.165, 1.54) is 23.2 Å². The van der Waals surface area contributed by atoms with Crippen molar-refractivity contribution >= 4 is 11.8 Å². The molecule has 0 spiro atoms. The molecule has 1 aliphatic heterocycles. The molecule has 0 aliphatic carbocycles. The molecule has 0 aromatic heterocycles. The largest absolute Gasteiger partial charge is 0.374 e. The van der Waals surface area contributed by atoms with Gasteiger partial charge >= 0.3 is 0 Å². The molecule has 0 saturated carbocycles. The molecule has 1 heterocycles. The maximum absolute atomic E-state index is 2.31. The molecule has 1 aliphatic rings. The Morgan fingerprint density at radius 3 is 3.00 bits per heavy atom. The van der Waals surface area contributed by atoms with Gasteiger partial charge in [-0.3, -0.25) is 0 Å². The van der Waals surface area contributed by atoms with Gasteiger partial charge in [-0.25, -0.2) is 0 Å². The van der Waals surface area contributed by atoms with Gasteiger partial charge in [-0.05, 0) is 36.6 Å². The average molecular weight is 173 g/mol. The van der Waals surface area contributed by atoms with Crippen molar-refractivity contribution in [2.24, 2.45) is 0 Å². The van der Waals surface area contributed by atoms with Crippen LogP contribution in [-0.4, -0.2) is 13.6 Å². The van der Waals surface area contributed by atoms with Crippen molar-refractivity contribution in [2.75, 3.05) is 18.5 Å². The average Bonchev–Trinajstić information content (AvgIpc) is 2.48. The van der Waals surface area contributed by atoms with Crippen LogP contribution < -0.4 is 4.90 Å². The molecule has 0 unspecified atom stereocenters. The monoisotopic (exact) mass is 173 g/mol. The molecule has 0 bridgehead atoms. The molecule has 0 saturated heterocycles. The molecule has 0 atom stereocenters. The molecule has 68 valence electrons. The molecule has 1 aromatic carbocycles. The zero-order chi connectivity index (χ0) is 9.26. The van der Waals surface area contributed by atoms with Crippen LogP contribution in [0.4, 0.5) is 5.69 Å². The lowest BCUT2D eigenvalue weighted by Crippen LogP contribution is -2.12. The van der Waals surface area contributed by atoms with E-state index in [0.717, 1.165) is 6.54 Å². The second-order valence-electron chi connectivity index (χ2n) is 3.56. The van der Waals surface area contributed by atoms with Crippen LogP contribution in [0.3, 0.4) is 0 Å². The van der Waals surface area contributed by atoms with Crippen LogP contribution in [0.15, 0.2) is 24.3 Å². The van der Waals surface area contributed by atoms with Gasteiger partial charge in [0.1, 0.15) is 0 Å². The Labute approximate surface area is 79.7 Å². The normalized spacial score (nSPS) is 15.4. The van der Waals surface area contributed by atoms with Crippen LogP contribution in [0.1, 0.15) is 18.1 Å². The molecule has 1 aromatic rings. The topological polar surface area (TPSA) is 3.24 Å². The highest BCUT2D eigenvalue weighted by Gasteiger charge is 2.14. The molecule has 1 heteroatoms. The quantitative estimate of drug-likeness (QED) is 0.631. The van der Waals surface area contributed by atoms with Gasteiger partial charge in [-0.2, -0.15) is 0 Å². The summed E-state index contributed by atoms with van der Waals surface area (Å²) in [6.07, 6.45) is 5.43. The highest BCUT2D eigenvalue weighted by molar-refractivity contribution is 5.63. The van der Waals surface area contributed by atoms with E-state index in [1.54, 1.807) is 0 Å². The summed E-state index contributed by atoms with van der Waals surface area (Å²) in [5.74, 6) is 0. The number of rotatable bonds is 1. The van der Waals surface area contributed by atoms with Crippen molar-refractivity contribution in [2.45, 2.75) is 13.3 Å². The molecular formula is C12H15N. The summed E-state index contributed by atoms with van der Waals surface area (Å²) in [5.41, 5.74) is 4.20. The Morgan fingerprint density at radius 2 is 2.23 bits per heavy atom. The standard InChI is InChI=1S/C12H15N/c1-3-4-10-5-6-12-11(9-10)7-8-13(12)2/h3-6,9H,7-8H2,1-2H3. The first-order chi connectivity index (χ1) is 6.31. The zero-order valence-electron chi connectivity index (χ0n) is 8.25. The summed E-state index contributed by atoms with van der Waals surface area (Å²) in [4.78, 5) is 2.31. The van der Waals surface area contributed by atoms with Crippen molar-refractivity contribution < 1.29 is 0 Å². The Kier molecular flexibility index (Phi) is 2.09. The van der Waals surface area contributed by atoms with Crippen LogP contribution in [-0.2, 0) is 6.42 Å². The maximum atomic E-state index is 2.31. The van der Waals surface area contributed by atoms with Gasteiger partial charge in [-0.15, -0.1) is 0 Å². The van der Waals surface area contributed by atoms with Crippen molar-refractivity contribution in [1.82, 2.24) is 0 Å². The third-order valence-corrected chi connectivity index (χ3v) is 2.59. The van der Waals surface area contributed by atoms with E-state index in [-0.39, 0.29) is 0 Å². The fourth-order valence-corrected chi connectivity index (χ4v) is 1.88. The number of hydrogen-bond acceptors (Lipinski definition) is 1. The first-order valence-corrected chi connectivity index (χ1v) is 4.78. The molecule has 0 fully saturated rings. The predicted molar refractivity (Wildman–Crippen MR) is 58.1 cm³/mol. The molecular weight excluding hydrogens is 158 g/mol. The van der Waals surface area contributed by atoms with Gasteiger partial charge in [0.15, 0.2) is 0 Å². The Morgan fingerprint density at radius 1 is 1.38 bits per heavy atom. The highest BCUT2D eigenvalue weighted by atomic mass is 15.1. The van der Waals surface area contributed by atoms with Crippen molar-refractivity contribution in [3.8, 4) is 0 Å². The van der Waals surface area contributed by atoms with E-state index < -0.39 is 0 Å². The lowest BCUT2D eigenvalue weighted by atomic mass is 10.1. The van der Waals surface area contributed by atoms with E-state index >= 15 is 0 Å².